The summed E-state index contributed by atoms with van der Waals surface area (Å²) in [6.45, 7) is 3.45. The Morgan fingerprint density at radius 3 is 1.91 bits per heavy atom. The van der Waals surface area contributed by atoms with E-state index in [1.165, 1.54) is 38.5 Å². The van der Waals surface area contributed by atoms with E-state index >= 15 is 0 Å². The lowest BCUT2D eigenvalue weighted by molar-refractivity contribution is -0.00518. The summed E-state index contributed by atoms with van der Waals surface area (Å²) in [6, 6.07) is 8.91. The normalized spacial score (nSPS) is 36.0. The average molecular weight is 294 g/mol. The van der Waals surface area contributed by atoms with Crippen LogP contribution in [-0.4, -0.2) is 10.7 Å². The Morgan fingerprint density at radius 2 is 1.45 bits per heavy atom. The van der Waals surface area contributed by atoms with E-state index < -0.39 is 5.60 Å². The Balaban J connectivity index is 1.59. The first kappa shape index (κ1) is 14.3. The van der Waals surface area contributed by atoms with Crippen molar-refractivity contribution in [2.45, 2.75) is 63.4 Å². The monoisotopic (exact) mass is 294 g/mol. The Hall–Kier alpha value is -1.26. The summed E-state index contributed by atoms with van der Waals surface area (Å²) in [5, 5.41) is 9.71. The number of hydrogen-bond donors (Lipinski definition) is 1. The number of rotatable bonds is 1. The second kappa shape index (κ2) is 4.87. The summed E-state index contributed by atoms with van der Waals surface area (Å²) in [7, 11) is 0. The van der Waals surface area contributed by atoms with Crippen molar-refractivity contribution in [3.8, 4) is 11.8 Å². The standard InChI is InChI=1S/C21H26O/c1-20(2,22)8-7-15-3-5-19(6-4-15)21-12-16-9-17(13-21)11-18(10-16)14-21/h3-6,16-18,22H,9-14H2,1-2H3. The van der Waals surface area contributed by atoms with Crippen molar-refractivity contribution in [1.29, 1.82) is 0 Å². The van der Waals surface area contributed by atoms with Crippen LogP contribution < -0.4 is 0 Å². The molecule has 0 saturated heterocycles. The molecule has 1 aromatic rings. The van der Waals surface area contributed by atoms with Gasteiger partial charge in [-0.1, -0.05) is 24.0 Å². The predicted molar refractivity (Wildman–Crippen MR) is 89.5 cm³/mol. The SMILES string of the molecule is CC(C)(O)C#Cc1ccc(C23CC4CC(CC(C4)C2)C3)cc1. The maximum Gasteiger partial charge on any atom is 0.120 e. The quantitative estimate of drug-likeness (QED) is 0.767. The molecule has 0 atom stereocenters. The molecule has 116 valence electrons. The lowest BCUT2D eigenvalue weighted by Gasteiger charge is -2.57. The lowest BCUT2D eigenvalue weighted by atomic mass is 9.48. The first-order valence-electron chi connectivity index (χ1n) is 8.78. The third-order valence-corrected chi connectivity index (χ3v) is 6.05. The van der Waals surface area contributed by atoms with Crippen molar-refractivity contribution < 1.29 is 5.11 Å². The van der Waals surface area contributed by atoms with Crippen molar-refractivity contribution in [3.05, 3.63) is 35.4 Å². The third-order valence-electron chi connectivity index (χ3n) is 6.05. The molecule has 0 radical (unpaired) electrons. The van der Waals surface area contributed by atoms with Gasteiger partial charge in [0.2, 0.25) is 0 Å². The molecule has 0 aromatic heterocycles. The Morgan fingerprint density at radius 1 is 0.955 bits per heavy atom. The molecule has 0 spiro atoms. The third kappa shape index (κ3) is 2.59. The summed E-state index contributed by atoms with van der Waals surface area (Å²) in [4.78, 5) is 0. The van der Waals surface area contributed by atoms with Gasteiger partial charge in [-0.05, 0) is 93.2 Å². The van der Waals surface area contributed by atoms with E-state index in [2.05, 4.69) is 36.1 Å². The summed E-state index contributed by atoms with van der Waals surface area (Å²) in [5.74, 6) is 8.94. The molecule has 1 N–H and O–H groups in total. The van der Waals surface area contributed by atoms with Crippen molar-refractivity contribution in [3.63, 3.8) is 0 Å². The van der Waals surface area contributed by atoms with Crippen LogP contribution in [0.4, 0.5) is 0 Å². The summed E-state index contributed by atoms with van der Waals surface area (Å²) in [5.41, 5.74) is 2.10. The van der Waals surface area contributed by atoms with Gasteiger partial charge in [-0.3, -0.25) is 0 Å². The highest BCUT2D eigenvalue weighted by Gasteiger charge is 2.51. The minimum Gasteiger partial charge on any atom is -0.378 e. The van der Waals surface area contributed by atoms with Crippen molar-refractivity contribution in [1.82, 2.24) is 0 Å². The molecule has 0 amide bonds. The molecule has 5 rings (SSSR count). The van der Waals surface area contributed by atoms with Gasteiger partial charge in [0.15, 0.2) is 0 Å². The van der Waals surface area contributed by atoms with E-state index in [9.17, 15) is 5.11 Å². The average Bonchev–Trinajstić information content (AvgIpc) is 2.43. The first-order chi connectivity index (χ1) is 10.4. The van der Waals surface area contributed by atoms with E-state index in [1.807, 2.05) is 0 Å². The molecular formula is C21H26O. The number of benzene rings is 1. The van der Waals surface area contributed by atoms with Gasteiger partial charge in [0.25, 0.3) is 0 Å². The molecule has 1 aromatic carbocycles. The van der Waals surface area contributed by atoms with E-state index in [4.69, 9.17) is 0 Å². The van der Waals surface area contributed by atoms with Crippen LogP contribution in [0.3, 0.4) is 0 Å². The predicted octanol–water partition coefficient (Wildman–Crippen LogP) is 4.28. The largest absolute Gasteiger partial charge is 0.378 e. The summed E-state index contributed by atoms with van der Waals surface area (Å²) in [6.07, 6.45) is 8.71. The van der Waals surface area contributed by atoms with Crippen molar-refractivity contribution in [2.24, 2.45) is 17.8 Å². The van der Waals surface area contributed by atoms with Crippen LogP contribution in [0.15, 0.2) is 24.3 Å². The second-order valence-electron chi connectivity index (χ2n) is 8.58. The zero-order valence-electron chi connectivity index (χ0n) is 13.7. The molecule has 4 aliphatic rings. The molecule has 22 heavy (non-hydrogen) atoms. The maximum absolute atomic E-state index is 9.71. The smallest absolute Gasteiger partial charge is 0.120 e. The summed E-state index contributed by atoms with van der Waals surface area (Å²) < 4.78 is 0. The highest BCUT2D eigenvalue weighted by Crippen LogP contribution is 2.60. The highest BCUT2D eigenvalue weighted by atomic mass is 16.3. The van der Waals surface area contributed by atoms with E-state index in [1.54, 1.807) is 19.4 Å². The topological polar surface area (TPSA) is 20.2 Å². The Bertz CT molecular complexity index is 585. The maximum atomic E-state index is 9.71. The highest BCUT2D eigenvalue weighted by molar-refractivity contribution is 5.40. The van der Waals surface area contributed by atoms with Crippen LogP contribution in [-0.2, 0) is 5.41 Å². The first-order valence-corrected chi connectivity index (χ1v) is 8.78. The van der Waals surface area contributed by atoms with E-state index in [0.29, 0.717) is 5.41 Å². The number of hydrogen-bond acceptors (Lipinski definition) is 1. The van der Waals surface area contributed by atoms with Crippen molar-refractivity contribution in [2.75, 3.05) is 0 Å². The van der Waals surface area contributed by atoms with Crippen molar-refractivity contribution >= 4 is 0 Å². The van der Waals surface area contributed by atoms with Crippen LogP contribution in [0, 0.1) is 29.6 Å². The molecule has 4 aliphatic carbocycles. The van der Waals surface area contributed by atoms with Gasteiger partial charge < -0.3 is 5.11 Å². The second-order valence-corrected chi connectivity index (χ2v) is 8.58. The molecule has 1 heteroatoms. The van der Waals surface area contributed by atoms with Crippen LogP contribution in [0.1, 0.15) is 63.5 Å². The molecular weight excluding hydrogens is 268 g/mol. The van der Waals surface area contributed by atoms with Crippen LogP contribution in [0.5, 0.6) is 0 Å². The van der Waals surface area contributed by atoms with Crippen LogP contribution >= 0.6 is 0 Å². The molecule has 4 saturated carbocycles. The van der Waals surface area contributed by atoms with Gasteiger partial charge >= 0.3 is 0 Å². The fraction of sp³-hybridized carbons (Fsp3) is 0.619. The molecule has 1 nitrogen and oxygen atoms in total. The van der Waals surface area contributed by atoms with Gasteiger partial charge in [-0.2, -0.15) is 0 Å². The minimum absolute atomic E-state index is 0.469. The van der Waals surface area contributed by atoms with Gasteiger partial charge in [0.05, 0.1) is 0 Å². The molecule has 0 aliphatic heterocycles. The van der Waals surface area contributed by atoms with E-state index in [-0.39, 0.29) is 0 Å². The van der Waals surface area contributed by atoms with Gasteiger partial charge in [-0.15, -0.1) is 0 Å². The fourth-order valence-corrected chi connectivity index (χ4v) is 5.60. The van der Waals surface area contributed by atoms with Gasteiger partial charge in [-0.25, -0.2) is 0 Å². The van der Waals surface area contributed by atoms with Crippen LogP contribution in [0.2, 0.25) is 0 Å². The molecule has 4 bridgehead atoms. The Labute approximate surface area is 134 Å². The minimum atomic E-state index is -0.918. The zero-order chi connectivity index (χ0) is 15.4. The van der Waals surface area contributed by atoms with Crippen LogP contribution in [0.25, 0.3) is 0 Å². The zero-order valence-corrected chi connectivity index (χ0v) is 13.7. The fourth-order valence-electron chi connectivity index (χ4n) is 5.60. The van der Waals surface area contributed by atoms with E-state index in [0.717, 1.165) is 23.3 Å². The lowest BCUT2D eigenvalue weighted by Crippen LogP contribution is -2.48. The van der Waals surface area contributed by atoms with Gasteiger partial charge in [0, 0.05) is 5.56 Å². The molecule has 0 heterocycles. The van der Waals surface area contributed by atoms with Gasteiger partial charge in [0.1, 0.15) is 5.60 Å². The summed E-state index contributed by atoms with van der Waals surface area (Å²) >= 11 is 0. The molecule has 4 fully saturated rings. The Kier molecular flexibility index (Phi) is 3.17. The molecule has 0 unspecified atom stereocenters. The number of aliphatic hydroxyl groups is 1.